The monoisotopic (exact) mass is 270 g/mol. The summed E-state index contributed by atoms with van der Waals surface area (Å²) in [6.45, 7) is 3.49. The summed E-state index contributed by atoms with van der Waals surface area (Å²) in [5.74, 6) is 0.0726. The average molecular weight is 270 g/mol. The third-order valence-electron chi connectivity index (χ3n) is 4.38. The first-order valence-corrected chi connectivity index (χ1v) is 7.34. The molecule has 5 nitrogen and oxygen atoms in total. The molecule has 19 heavy (non-hydrogen) atoms. The van der Waals surface area contributed by atoms with Crippen LogP contribution >= 0.6 is 0 Å². The fourth-order valence-corrected chi connectivity index (χ4v) is 3.09. The molecule has 1 unspecified atom stereocenters. The number of nitrogens with one attached hydrogen (secondary N) is 2. The summed E-state index contributed by atoms with van der Waals surface area (Å²) in [4.78, 5) is 12.1. The van der Waals surface area contributed by atoms with Crippen molar-refractivity contribution in [2.75, 3.05) is 40.0 Å². The molecule has 0 aromatic heterocycles. The molecule has 0 radical (unpaired) electrons. The lowest BCUT2D eigenvalue weighted by Gasteiger charge is -2.30. The van der Waals surface area contributed by atoms with E-state index in [0.717, 1.165) is 26.1 Å². The molecular weight excluding hydrogens is 244 g/mol. The van der Waals surface area contributed by atoms with Crippen molar-refractivity contribution in [2.45, 2.75) is 38.1 Å². The molecule has 0 aromatic carbocycles. The Morgan fingerprint density at radius 3 is 2.89 bits per heavy atom. The van der Waals surface area contributed by atoms with E-state index in [0.29, 0.717) is 13.2 Å². The minimum absolute atomic E-state index is 0.0726. The number of hydrogen-bond acceptors (Lipinski definition) is 4. The number of hydrogen-bond donors (Lipinski definition) is 2. The van der Waals surface area contributed by atoms with Crippen LogP contribution in [0.1, 0.15) is 32.1 Å². The molecule has 1 saturated carbocycles. The Bertz CT molecular complexity index is 284. The van der Waals surface area contributed by atoms with Gasteiger partial charge in [-0.05, 0) is 24.7 Å². The number of methoxy groups -OCH3 is 1. The standard InChI is InChI=1S/C14H26N2O3/c1-18-8-6-14(4-2-3-5-14)11-16-13(17)12-10-19-9-7-15-12/h12,15H,2-11H2,1H3,(H,16,17). The number of carbonyl (C=O) groups excluding carboxylic acids is 1. The van der Waals surface area contributed by atoms with Crippen molar-refractivity contribution in [1.29, 1.82) is 0 Å². The molecule has 0 spiro atoms. The Hall–Kier alpha value is -0.650. The van der Waals surface area contributed by atoms with Crippen LogP contribution in [-0.4, -0.2) is 52.0 Å². The zero-order chi connectivity index (χ0) is 13.6. The molecule has 0 bridgehead atoms. The third kappa shape index (κ3) is 4.16. The molecule has 0 aromatic rings. The zero-order valence-corrected chi connectivity index (χ0v) is 11.9. The highest BCUT2D eigenvalue weighted by Gasteiger charge is 2.34. The van der Waals surface area contributed by atoms with Crippen LogP contribution in [0.4, 0.5) is 0 Å². The molecule has 1 amide bonds. The van der Waals surface area contributed by atoms with Gasteiger partial charge in [0.25, 0.3) is 0 Å². The molecule has 1 atom stereocenters. The van der Waals surface area contributed by atoms with E-state index in [9.17, 15) is 4.79 Å². The molecule has 1 aliphatic carbocycles. The number of amides is 1. The van der Waals surface area contributed by atoms with Crippen LogP contribution in [0, 0.1) is 5.41 Å². The largest absolute Gasteiger partial charge is 0.385 e. The van der Waals surface area contributed by atoms with Gasteiger partial charge in [0.05, 0.1) is 13.2 Å². The summed E-state index contributed by atoms with van der Waals surface area (Å²) in [5.41, 5.74) is 0.251. The molecule has 2 N–H and O–H groups in total. The van der Waals surface area contributed by atoms with Gasteiger partial charge < -0.3 is 20.1 Å². The Labute approximate surface area is 115 Å². The van der Waals surface area contributed by atoms with Crippen LogP contribution in [-0.2, 0) is 14.3 Å². The van der Waals surface area contributed by atoms with Gasteiger partial charge in [-0.3, -0.25) is 4.79 Å². The van der Waals surface area contributed by atoms with E-state index >= 15 is 0 Å². The maximum Gasteiger partial charge on any atom is 0.239 e. The minimum Gasteiger partial charge on any atom is -0.385 e. The van der Waals surface area contributed by atoms with Gasteiger partial charge >= 0.3 is 0 Å². The number of rotatable bonds is 6. The molecule has 2 rings (SSSR count). The smallest absolute Gasteiger partial charge is 0.239 e. The predicted molar refractivity (Wildman–Crippen MR) is 73.0 cm³/mol. The van der Waals surface area contributed by atoms with Gasteiger partial charge in [0.2, 0.25) is 5.91 Å². The topological polar surface area (TPSA) is 59.6 Å². The van der Waals surface area contributed by atoms with E-state index < -0.39 is 0 Å². The molecular formula is C14H26N2O3. The van der Waals surface area contributed by atoms with Gasteiger partial charge in [-0.25, -0.2) is 0 Å². The van der Waals surface area contributed by atoms with E-state index in [2.05, 4.69) is 10.6 Å². The average Bonchev–Trinajstić information content (AvgIpc) is 2.93. The first-order chi connectivity index (χ1) is 9.26. The van der Waals surface area contributed by atoms with Gasteiger partial charge in [0.1, 0.15) is 6.04 Å². The number of ether oxygens (including phenoxy) is 2. The lowest BCUT2D eigenvalue weighted by Crippen LogP contribution is -2.52. The van der Waals surface area contributed by atoms with Crippen molar-refractivity contribution in [2.24, 2.45) is 5.41 Å². The Kier molecular flexibility index (Phi) is 5.60. The van der Waals surface area contributed by atoms with Gasteiger partial charge in [-0.1, -0.05) is 12.8 Å². The highest BCUT2D eigenvalue weighted by molar-refractivity contribution is 5.82. The van der Waals surface area contributed by atoms with E-state index in [1.54, 1.807) is 7.11 Å². The molecule has 2 fully saturated rings. The molecule has 5 heteroatoms. The summed E-state index contributed by atoms with van der Waals surface area (Å²) >= 11 is 0. The van der Waals surface area contributed by atoms with E-state index in [1.165, 1.54) is 25.7 Å². The second kappa shape index (κ2) is 7.22. The quantitative estimate of drug-likeness (QED) is 0.745. The van der Waals surface area contributed by atoms with Gasteiger partial charge in [-0.15, -0.1) is 0 Å². The zero-order valence-electron chi connectivity index (χ0n) is 11.9. The fraction of sp³-hybridized carbons (Fsp3) is 0.929. The van der Waals surface area contributed by atoms with Gasteiger partial charge in [-0.2, -0.15) is 0 Å². The SMILES string of the molecule is COCCC1(CNC(=O)C2COCCN2)CCCC1. The Morgan fingerprint density at radius 2 is 2.26 bits per heavy atom. The van der Waals surface area contributed by atoms with E-state index in [-0.39, 0.29) is 17.4 Å². The van der Waals surface area contributed by atoms with Crippen molar-refractivity contribution in [3.63, 3.8) is 0 Å². The van der Waals surface area contributed by atoms with Crippen molar-refractivity contribution < 1.29 is 14.3 Å². The lowest BCUT2D eigenvalue weighted by atomic mass is 9.83. The minimum atomic E-state index is -0.186. The molecule has 110 valence electrons. The highest BCUT2D eigenvalue weighted by atomic mass is 16.5. The predicted octanol–water partition coefficient (Wildman–Crippen LogP) is 0.688. The maximum atomic E-state index is 12.1. The van der Waals surface area contributed by atoms with Crippen molar-refractivity contribution in [1.82, 2.24) is 10.6 Å². The second-order valence-corrected chi connectivity index (χ2v) is 5.75. The summed E-state index contributed by atoms with van der Waals surface area (Å²) in [6.07, 6.45) is 5.98. The summed E-state index contributed by atoms with van der Waals surface area (Å²) < 4.78 is 10.5. The van der Waals surface area contributed by atoms with E-state index in [4.69, 9.17) is 9.47 Å². The molecule has 1 saturated heterocycles. The first kappa shape index (κ1) is 14.8. The van der Waals surface area contributed by atoms with Crippen molar-refractivity contribution in [3.8, 4) is 0 Å². The molecule has 2 aliphatic rings. The van der Waals surface area contributed by atoms with Crippen LogP contribution in [0.3, 0.4) is 0 Å². The van der Waals surface area contributed by atoms with Gasteiger partial charge in [0.15, 0.2) is 0 Å². The first-order valence-electron chi connectivity index (χ1n) is 7.34. The highest BCUT2D eigenvalue weighted by Crippen LogP contribution is 2.40. The molecule has 1 aliphatic heterocycles. The van der Waals surface area contributed by atoms with Crippen LogP contribution in [0.2, 0.25) is 0 Å². The summed E-state index contributed by atoms with van der Waals surface area (Å²) in [7, 11) is 1.74. The van der Waals surface area contributed by atoms with Crippen LogP contribution in [0.5, 0.6) is 0 Å². The van der Waals surface area contributed by atoms with Gasteiger partial charge in [0, 0.05) is 26.8 Å². The second-order valence-electron chi connectivity index (χ2n) is 5.75. The third-order valence-corrected chi connectivity index (χ3v) is 4.38. The summed E-state index contributed by atoms with van der Waals surface area (Å²) in [5, 5.41) is 6.30. The van der Waals surface area contributed by atoms with Crippen LogP contribution in [0.15, 0.2) is 0 Å². The number of morpholine rings is 1. The lowest BCUT2D eigenvalue weighted by molar-refractivity contribution is -0.126. The molecule has 1 heterocycles. The van der Waals surface area contributed by atoms with Crippen molar-refractivity contribution in [3.05, 3.63) is 0 Å². The maximum absolute atomic E-state index is 12.1. The normalized spacial score (nSPS) is 26.3. The Balaban J connectivity index is 1.79. The fourth-order valence-electron chi connectivity index (χ4n) is 3.09. The van der Waals surface area contributed by atoms with Crippen molar-refractivity contribution >= 4 is 5.91 Å². The number of carbonyl (C=O) groups is 1. The van der Waals surface area contributed by atoms with Crippen LogP contribution < -0.4 is 10.6 Å². The summed E-state index contributed by atoms with van der Waals surface area (Å²) in [6, 6.07) is -0.186. The van der Waals surface area contributed by atoms with Crippen LogP contribution in [0.25, 0.3) is 0 Å². The Morgan fingerprint density at radius 1 is 1.47 bits per heavy atom. The van der Waals surface area contributed by atoms with E-state index in [1.807, 2.05) is 0 Å².